The summed E-state index contributed by atoms with van der Waals surface area (Å²) in [7, 11) is 0. The van der Waals surface area contributed by atoms with Gasteiger partial charge >= 0.3 is 0 Å². The second kappa shape index (κ2) is 3.92. The summed E-state index contributed by atoms with van der Waals surface area (Å²) in [6.07, 6.45) is 1.55. The van der Waals surface area contributed by atoms with Gasteiger partial charge in [0.1, 0.15) is 11.6 Å². The molecule has 0 aliphatic rings. The Hall–Kier alpha value is -1.91. The van der Waals surface area contributed by atoms with Crippen LogP contribution in [0, 0.1) is 11.6 Å². The van der Waals surface area contributed by atoms with Gasteiger partial charge in [0.2, 0.25) is 0 Å². The molecule has 0 amide bonds. The van der Waals surface area contributed by atoms with Gasteiger partial charge in [0, 0.05) is 24.4 Å². The largest absolute Gasteiger partial charge is 0.396 e. The molecule has 1 heterocycles. The van der Waals surface area contributed by atoms with E-state index in [2.05, 4.69) is 5.10 Å². The molecule has 2 N–H and O–H groups in total. The van der Waals surface area contributed by atoms with Gasteiger partial charge in [-0.05, 0) is 19.1 Å². The number of anilines is 1. The van der Waals surface area contributed by atoms with Gasteiger partial charge in [-0.15, -0.1) is 0 Å². The predicted octanol–water partition coefficient (Wildman–Crippen LogP) is 2.43. The summed E-state index contributed by atoms with van der Waals surface area (Å²) >= 11 is 0. The highest BCUT2D eigenvalue weighted by Gasteiger charge is 2.12. The number of aromatic nitrogens is 2. The SMILES string of the molecule is CCn1nccc1-c1cc(F)c(N)cc1F. The van der Waals surface area contributed by atoms with Gasteiger partial charge in [-0.2, -0.15) is 5.10 Å². The fourth-order valence-corrected chi connectivity index (χ4v) is 1.57. The molecule has 5 heteroatoms. The van der Waals surface area contributed by atoms with Gasteiger partial charge in [0.15, 0.2) is 0 Å². The highest BCUT2D eigenvalue weighted by atomic mass is 19.1. The molecule has 0 radical (unpaired) electrons. The highest BCUT2D eigenvalue weighted by molar-refractivity contribution is 5.63. The molecule has 3 nitrogen and oxygen atoms in total. The van der Waals surface area contributed by atoms with Crippen LogP contribution < -0.4 is 5.73 Å². The lowest BCUT2D eigenvalue weighted by atomic mass is 10.1. The van der Waals surface area contributed by atoms with Crippen molar-refractivity contribution < 1.29 is 8.78 Å². The van der Waals surface area contributed by atoms with Crippen LogP contribution in [0.15, 0.2) is 24.4 Å². The van der Waals surface area contributed by atoms with Gasteiger partial charge < -0.3 is 5.73 Å². The van der Waals surface area contributed by atoms with Crippen LogP contribution in [0.3, 0.4) is 0 Å². The molecule has 0 aliphatic carbocycles. The van der Waals surface area contributed by atoms with Crippen molar-refractivity contribution in [3.05, 3.63) is 36.0 Å². The van der Waals surface area contributed by atoms with Crippen molar-refractivity contribution in [1.82, 2.24) is 9.78 Å². The average Bonchev–Trinajstić information content (AvgIpc) is 2.71. The number of aryl methyl sites for hydroxylation is 1. The number of hydrogen-bond donors (Lipinski definition) is 1. The minimum Gasteiger partial charge on any atom is -0.396 e. The Morgan fingerprint density at radius 1 is 1.31 bits per heavy atom. The fraction of sp³-hybridized carbons (Fsp3) is 0.182. The first kappa shape index (κ1) is 10.6. The van der Waals surface area contributed by atoms with Crippen LogP contribution in [0.4, 0.5) is 14.5 Å². The summed E-state index contributed by atoms with van der Waals surface area (Å²) in [5, 5.41) is 4.00. The van der Waals surface area contributed by atoms with Crippen molar-refractivity contribution in [1.29, 1.82) is 0 Å². The molecule has 16 heavy (non-hydrogen) atoms. The quantitative estimate of drug-likeness (QED) is 0.794. The summed E-state index contributed by atoms with van der Waals surface area (Å²) in [5.41, 5.74) is 5.80. The number of benzene rings is 1. The molecule has 0 atom stereocenters. The molecule has 0 saturated heterocycles. The highest BCUT2D eigenvalue weighted by Crippen LogP contribution is 2.26. The molecule has 2 rings (SSSR count). The summed E-state index contributed by atoms with van der Waals surface area (Å²) in [5.74, 6) is -1.17. The van der Waals surface area contributed by atoms with E-state index in [0.717, 1.165) is 12.1 Å². The second-order valence-corrected chi connectivity index (χ2v) is 3.39. The smallest absolute Gasteiger partial charge is 0.146 e. The van der Waals surface area contributed by atoms with Crippen molar-refractivity contribution >= 4 is 5.69 Å². The molecule has 1 aromatic carbocycles. The Morgan fingerprint density at radius 3 is 2.75 bits per heavy atom. The monoisotopic (exact) mass is 223 g/mol. The number of nitrogens with zero attached hydrogens (tertiary/aromatic N) is 2. The molecule has 0 saturated carbocycles. The minimum absolute atomic E-state index is 0.172. The van der Waals surface area contributed by atoms with E-state index in [1.54, 1.807) is 16.9 Å². The zero-order valence-corrected chi connectivity index (χ0v) is 8.74. The van der Waals surface area contributed by atoms with Crippen LogP contribution in [0.25, 0.3) is 11.3 Å². The van der Waals surface area contributed by atoms with Crippen LogP contribution in [0.2, 0.25) is 0 Å². The molecule has 0 spiro atoms. The normalized spacial score (nSPS) is 10.7. The van der Waals surface area contributed by atoms with Crippen molar-refractivity contribution in [2.75, 3.05) is 5.73 Å². The Morgan fingerprint density at radius 2 is 2.06 bits per heavy atom. The first-order valence-corrected chi connectivity index (χ1v) is 4.90. The summed E-state index contributed by atoms with van der Waals surface area (Å²) in [6.45, 7) is 2.47. The maximum Gasteiger partial charge on any atom is 0.146 e. The molecule has 0 fully saturated rings. The number of hydrogen-bond acceptors (Lipinski definition) is 2. The number of nitrogens with two attached hydrogens (primary N) is 1. The first-order chi connectivity index (χ1) is 7.63. The van der Waals surface area contributed by atoms with Gasteiger partial charge in [0.05, 0.1) is 11.4 Å². The van der Waals surface area contributed by atoms with E-state index in [-0.39, 0.29) is 11.3 Å². The van der Waals surface area contributed by atoms with Crippen LogP contribution in [-0.4, -0.2) is 9.78 Å². The molecule has 0 unspecified atom stereocenters. The van der Waals surface area contributed by atoms with E-state index in [9.17, 15) is 8.78 Å². The molecule has 1 aromatic heterocycles. The number of halogens is 2. The number of rotatable bonds is 2. The lowest BCUT2D eigenvalue weighted by Crippen LogP contribution is -2.01. The summed E-state index contributed by atoms with van der Waals surface area (Å²) in [4.78, 5) is 0. The van der Waals surface area contributed by atoms with Crippen LogP contribution >= 0.6 is 0 Å². The lowest BCUT2D eigenvalue weighted by Gasteiger charge is -2.07. The number of nitrogen functional groups attached to an aromatic ring is 1. The Bertz CT molecular complexity index is 520. The predicted molar refractivity (Wildman–Crippen MR) is 57.7 cm³/mol. The Labute approximate surface area is 91.5 Å². The average molecular weight is 223 g/mol. The van der Waals surface area contributed by atoms with E-state index in [1.807, 2.05) is 6.92 Å². The van der Waals surface area contributed by atoms with Crippen molar-refractivity contribution in [2.24, 2.45) is 0 Å². The molecular weight excluding hydrogens is 212 g/mol. The molecular formula is C11H11F2N3. The topological polar surface area (TPSA) is 43.8 Å². The van der Waals surface area contributed by atoms with Crippen molar-refractivity contribution in [3.8, 4) is 11.3 Å². The maximum atomic E-state index is 13.6. The third-order valence-electron chi connectivity index (χ3n) is 2.38. The van der Waals surface area contributed by atoms with E-state index in [4.69, 9.17) is 5.73 Å². The van der Waals surface area contributed by atoms with E-state index < -0.39 is 11.6 Å². The Kier molecular flexibility index (Phi) is 2.60. The first-order valence-electron chi connectivity index (χ1n) is 4.90. The van der Waals surface area contributed by atoms with Gasteiger partial charge in [0.25, 0.3) is 0 Å². The Balaban J connectivity index is 2.60. The van der Waals surface area contributed by atoms with Crippen molar-refractivity contribution in [3.63, 3.8) is 0 Å². The lowest BCUT2D eigenvalue weighted by molar-refractivity contribution is 0.601. The second-order valence-electron chi connectivity index (χ2n) is 3.39. The van der Waals surface area contributed by atoms with Gasteiger partial charge in [-0.25, -0.2) is 8.78 Å². The third-order valence-corrected chi connectivity index (χ3v) is 2.38. The van der Waals surface area contributed by atoms with E-state index in [0.29, 0.717) is 12.2 Å². The van der Waals surface area contributed by atoms with E-state index in [1.165, 1.54) is 0 Å². The maximum absolute atomic E-state index is 13.6. The zero-order chi connectivity index (χ0) is 11.7. The molecule has 84 valence electrons. The van der Waals surface area contributed by atoms with Crippen molar-refractivity contribution in [2.45, 2.75) is 13.5 Å². The van der Waals surface area contributed by atoms with Crippen LogP contribution in [-0.2, 0) is 6.54 Å². The fourth-order valence-electron chi connectivity index (χ4n) is 1.57. The zero-order valence-electron chi connectivity index (χ0n) is 8.74. The van der Waals surface area contributed by atoms with Crippen LogP contribution in [0.1, 0.15) is 6.92 Å². The minimum atomic E-state index is -0.625. The third kappa shape index (κ3) is 1.64. The molecule has 2 aromatic rings. The standard InChI is InChI=1S/C11H11F2N3/c1-2-16-11(3-4-15-16)7-5-9(13)10(14)6-8(7)12/h3-6H,2,14H2,1H3. The van der Waals surface area contributed by atoms with E-state index >= 15 is 0 Å². The molecule has 0 aliphatic heterocycles. The van der Waals surface area contributed by atoms with Crippen LogP contribution in [0.5, 0.6) is 0 Å². The molecule has 0 bridgehead atoms. The summed E-state index contributed by atoms with van der Waals surface area (Å²) in [6, 6.07) is 3.71. The van der Waals surface area contributed by atoms with Gasteiger partial charge in [-0.1, -0.05) is 0 Å². The van der Waals surface area contributed by atoms with Gasteiger partial charge in [-0.3, -0.25) is 4.68 Å². The summed E-state index contributed by atoms with van der Waals surface area (Å²) < 4.78 is 28.5.